The molecule has 7 nitrogen and oxygen atoms in total. The van der Waals surface area contributed by atoms with Crippen LogP contribution in [0.2, 0.25) is 0 Å². The zero-order valence-electron chi connectivity index (χ0n) is 18.3. The number of alkyl halides is 2. The molecule has 0 aliphatic carbocycles. The van der Waals surface area contributed by atoms with E-state index in [9.17, 15) is 13.6 Å². The number of aromatic nitrogens is 2. The molecular formula is C22H25F2N5O2S2. The summed E-state index contributed by atoms with van der Waals surface area (Å²) >= 11 is 2.52. The van der Waals surface area contributed by atoms with Crippen LogP contribution in [0.3, 0.4) is 0 Å². The minimum absolute atomic E-state index is 0.0779. The summed E-state index contributed by atoms with van der Waals surface area (Å²) in [5.74, 6) is 0.518. The molecule has 1 atom stereocenters. The van der Waals surface area contributed by atoms with E-state index in [-0.39, 0.29) is 11.7 Å². The first kappa shape index (κ1) is 23.7. The highest BCUT2D eigenvalue weighted by atomic mass is 32.1. The second kappa shape index (κ2) is 10.6. The third kappa shape index (κ3) is 6.32. The Morgan fingerprint density at radius 1 is 1.24 bits per heavy atom. The molecule has 1 aliphatic heterocycles. The number of hydrogen-bond donors (Lipinski definition) is 1. The van der Waals surface area contributed by atoms with Crippen LogP contribution in [0.1, 0.15) is 23.1 Å². The van der Waals surface area contributed by atoms with Gasteiger partial charge in [-0.3, -0.25) is 15.0 Å². The molecule has 1 aliphatic rings. The number of carbonyl (C=O) groups is 1. The second-order valence-electron chi connectivity index (χ2n) is 7.97. The Labute approximate surface area is 199 Å². The normalized spacial score (nSPS) is 16.2. The zero-order chi connectivity index (χ0) is 23.4. The standard InChI is InChI=1S/C22H25F2N5O2S2/c1-14(29-8-6-28(2)7-9-29)10-19-25-22(33-27-19)26-20(30)16-12-18(32-13-16)15-4-3-5-17(11-15)31-21(23)24/h3-5,11-14,21H,6-10H2,1-2H3,(H,25,26,27,30). The first-order chi connectivity index (χ1) is 15.9. The molecule has 2 aromatic heterocycles. The van der Waals surface area contributed by atoms with Crippen molar-refractivity contribution >= 4 is 33.9 Å². The maximum absolute atomic E-state index is 12.7. The average molecular weight is 494 g/mol. The van der Waals surface area contributed by atoms with Crippen LogP contribution >= 0.6 is 22.9 Å². The van der Waals surface area contributed by atoms with Crippen molar-refractivity contribution in [2.75, 3.05) is 38.5 Å². The number of nitrogens with zero attached hydrogens (tertiary/aromatic N) is 4. The van der Waals surface area contributed by atoms with Crippen LogP contribution in [0.15, 0.2) is 35.7 Å². The minimum atomic E-state index is -2.88. The average Bonchev–Trinajstić information content (AvgIpc) is 3.44. The van der Waals surface area contributed by atoms with Crippen molar-refractivity contribution in [3.63, 3.8) is 0 Å². The van der Waals surface area contributed by atoms with Gasteiger partial charge in [-0.15, -0.1) is 11.3 Å². The fraction of sp³-hybridized carbons (Fsp3) is 0.409. The molecule has 1 aromatic carbocycles. The van der Waals surface area contributed by atoms with Crippen LogP contribution in [0, 0.1) is 0 Å². The smallest absolute Gasteiger partial charge is 0.387 e. The number of likely N-dealkylation sites (N-methyl/N-ethyl adjacent to an activating group) is 1. The van der Waals surface area contributed by atoms with Crippen molar-refractivity contribution < 1.29 is 18.3 Å². The van der Waals surface area contributed by atoms with Crippen LogP contribution in [0.5, 0.6) is 5.75 Å². The third-order valence-electron chi connectivity index (χ3n) is 5.53. The lowest BCUT2D eigenvalue weighted by Gasteiger charge is -2.36. The highest BCUT2D eigenvalue weighted by Gasteiger charge is 2.21. The summed E-state index contributed by atoms with van der Waals surface area (Å²) in [5, 5.41) is 4.99. The summed E-state index contributed by atoms with van der Waals surface area (Å²) in [5.41, 5.74) is 1.17. The SMILES string of the molecule is CC(Cc1nsc(NC(=O)c2csc(-c3cccc(OC(F)F)c3)c2)n1)N1CCN(C)CC1. The molecule has 4 rings (SSSR count). The summed E-state index contributed by atoms with van der Waals surface area (Å²) in [6.07, 6.45) is 0.732. The van der Waals surface area contributed by atoms with Gasteiger partial charge in [-0.1, -0.05) is 12.1 Å². The van der Waals surface area contributed by atoms with Crippen LogP contribution in [0.25, 0.3) is 10.4 Å². The summed E-state index contributed by atoms with van der Waals surface area (Å²) in [6, 6.07) is 8.47. The van der Waals surface area contributed by atoms with Gasteiger partial charge in [0.05, 0.1) is 5.56 Å². The first-order valence-corrected chi connectivity index (χ1v) is 12.2. The number of nitrogens with one attached hydrogen (secondary N) is 1. The van der Waals surface area contributed by atoms with Gasteiger partial charge in [-0.25, -0.2) is 4.98 Å². The number of piperazine rings is 1. The number of benzene rings is 1. The molecule has 1 fully saturated rings. The molecule has 0 bridgehead atoms. The maximum Gasteiger partial charge on any atom is 0.387 e. The topological polar surface area (TPSA) is 70.6 Å². The van der Waals surface area contributed by atoms with E-state index in [0.717, 1.165) is 43.3 Å². The molecule has 33 heavy (non-hydrogen) atoms. The number of rotatable bonds is 8. The number of carbonyl (C=O) groups excluding carboxylic acids is 1. The summed E-state index contributed by atoms with van der Waals surface area (Å²) < 4.78 is 33.8. The van der Waals surface area contributed by atoms with E-state index in [2.05, 4.69) is 43.2 Å². The number of anilines is 1. The predicted octanol–water partition coefficient (Wildman–Crippen LogP) is 4.30. The summed E-state index contributed by atoms with van der Waals surface area (Å²) in [6.45, 7) is 3.47. The molecule has 1 N–H and O–H groups in total. The van der Waals surface area contributed by atoms with E-state index in [0.29, 0.717) is 22.3 Å². The zero-order valence-corrected chi connectivity index (χ0v) is 20.0. The molecule has 11 heteroatoms. The van der Waals surface area contributed by atoms with Gasteiger partial charge in [0.25, 0.3) is 5.91 Å². The molecule has 3 aromatic rings. The molecule has 0 radical (unpaired) electrons. The fourth-order valence-corrected chi connectivity index (χ4v) is 5.12. The molecular weight excluding hydrogens is 468 g/mol. The summed E-state index contributed by atoms with van der Waals surface area (Å²) in [4.78, 5) is 22.7. The van der Waals surface area contributed by atoms with Gasteiger partial charge in [0.1, 0.15) is 11.6 Å². The van der Waals surface area contributed by atoms with Gasteiger partial charge in [0.2, 0.25) is 5.13 Å². The third-order valence-corrected chi connectivity index (χ3v) is 7.18. The van der Waals surface area contributed by atoms with E-state index in [1.807, 2.05) is 0 Å². The van der Waals surface area contributed by atoms with Crippen LogP contribution in [-0.2, 0) is 6.42 Å². The van der Waals surface area contributed by atoms with E-state index in [4.69, 9.17) is 0 Å². The first-order valence-electron chi connectivity index (χ1n) is 10.6. The van der Waals surface area contributed by atoms with Crippen molar-refractivity contribution in [2.24, 2.45) is 0 Å². The minimum Gasteiger partial charge on any atom is -0.435 e. The quantitative estimate of drug-likeness (QED) is 0.505. The van der Waals surface area contributed by atoms with Gasteiger partial charge in [-0.2, -0.15) is 13.2 Å². The summed E-state index contributed by atoms with van der Waals surface area (Å²) in [7, 11) is 2.13. The predicted molar refractivity (Wildman–Crippen MR) is 126 cm³/mol. The molecule has 1 saturated heterocycles. The van der Waals surface area contributed by atoms with Crippen LogP contribution in [0.4, 0.5) is 13.9 Å². The van der Waals surface area contributed by atoms with E-state index >= 15 is 0 Å². The number of halogens is 2. The number of amides is 1. The Kier molecular flexibility index (Phi) is 7.63. The molecule has 1 unspecified atom stereocenters. The lowest BCUT2D eigenvalue weighted by molar-refractivity contribution is -0.0498. The van der Waals surface area contributed by atoms with E-state index in [1.54, 1.807) is 23.6 Å². The van der Waals surface area contributed by atoms with Gasteiger partial charge in [0, 0.05) is 60.4 Å². The van der Waals surface area contributed by atoms with Crippen molar-refractivity contribution in [2.45, 2.75) is 26.0 Å². The van der Waals surface area contributed by atoms with Crippen molar-refractivity contribution in [1.82, 2.24) is 19.2 Å². The Bertz CT molecular complexity index is 1080. The Morgan fingerprint density at radius 3 is 2.79 bits per heavy atom. The lowest BCUT2D eigenvalue weighted by atomic mass is 10.1. The Morgan fingerprint density at radius 2 is 2.03 bits per heavy atom. The Hall–Kier alpha value is -2.47. The molecule has 3 heterocycles. The van der Waals surface area contributed by atoms with Crippen molar-refractivity contribution in [3.8, 4) is 16.2 Å². The van der Waals surface area contributed by atoms with Crippen LogP contribution in [-0.4, -0.2) is 70.9 Å². The highest BCUT2D eigenvalue weighted by Crippen LogP contribution is 2.30. The number of thiophene rings is 1. The van der Waals surface area contributed by atoms with Gasteiger partial charge < -0.3 is 9.64 Å². The molecule has 0 saturated carbocycles. The van der Waals surface area contributed by atoms with E-state index in [1.165, 1.54) is 35.0 Å². The monoisotopic (exact) mass is 493 g/mol. The molecule has 176 valence electrons. The Balaban J connectivity index is 1.35. The second-order valence-corrected chi connectivity index (χ2v) is 9.63. The number of ether oxygens (including phenoxy) is 1. The lowest BCUT2D eigenvalue weighted by Crippen LogP contribution is -2.48. The largest absolute Gasteiger partial charge is 0.435 e. The van der Waals surface area contributed by atoms with Crippen LogP contribution < -0.4 is 10.1 Å². The highest BCUT2D eigenvalue weighted by molar-refractivity contribution is 7.14. The van der Waals surface area contributed by atoms with Gasteiger partial charge in [-0.05, 0) is 37.7 Å². The molecule has 0 spiro atoms. The van der Waals surface area contributed by atoms with Gasteiger partial charge >= 0.3 is 6.61 Å². The van der Waals surface area contributed by atoms with E-state index < -0.39 is 6.61 Å². The fourth-order valence-electron chi connectivity index (χ4n) is 3.65. The van der Waals surface area contributed by atoms with Crippen molar-refractivity contribution in [1.29, 1.82) is 0 Å². The van der Waals surface area contributed by atoms with Crippen molar-refractivity contribution in [3.05, 3.63) is 47.1 Å². The maximum atomic E-state index is 12.7. The number of hydrogen-bond acceptors (Lipinski definition) is 8. The molecule has 1 amide bonds. The van der Waals surface area contributed by atoms with Gasteiger partial charge in [0.15, 0.2) is 0 Å².